The van der Waals surface area contributed by atoms with Crippen LogP contribution in [0, 0.1) is 17.8 Å². The number of nitrogens with two attached hydrogens (primary N) is 1. The molecule has 2 heterocycles. The highest BCUT2D eigenvalue weighted by Crippen LogP contribution is 2.57. The summed E-state index contributed by atoms with van der Waals surface area (Å²) >= 11 is 0. The Balaban J connectivity index is 1.52. The number of primary amides is 1. The summed E-state index contributed by atoms with van der Waals surface area (Å²) in [4.78, 5) is 23.8. The SMILES string of the molecule is CC(C)N(c1ncc(C(N)=O)c([C@H]2CCCO2)n1)C1C2CC3CC1CC(O)(C3)C2. The van der Waals surface area contributed by atoms with Crippen LogP contribution in [0.5, 0.6) is 0 Å². The zero-order valence-corrected chi connectivity index (χ0v) is 17.4. The molecule has 7 nitrogen and oxygen atoms in total. The Morgan fingerprint density at radius 3 is 2.59 bits per heavy atom. The van der Waals surface area contributed by atoms with E-state index in [0.29, 0.717) is 47.6 Å². The number of rotatable bonds is 5. The Bertz CT molecular complexity index is 791. The fourth-order valence-electron chi connectivity index (χ4n) is 6.86. The number of nitrogens with zero attached hydrogens (tertiary/aromatic N) is 3. The lowest BCUT2D eigenvalue weighted by atomic mass is 9.52. The van der Waals surface area contributed by atoms with Gasteiger partial charge >= 0.3 is 0 Å². The third-order valence-electron chi connectivity index (χ3n) is 7.61. The highest BCUT2D eigenvalue weighted by Gasteiger charge is 2.56. The van der Waals surface area contributed by atoms with E-state index in [1.807, 2.05) is 0 Å². The van der Waals surface area contributed by atoms with Gasteiger partial charge in [-0.25, -0.2) is 9.97 Å². The van der Waals surface area contributed by atoms with Gasteiger partial charge in [-0.05, 0) is 76.5 Å². The van der Waals surface area contributed by atoms with Gasteiger partial charge in [0.05, 0.1) is 16.9 Å². The molecule has 5 fully saturated rings. The lowest BCUT2D eigenvalue weighted by molar-refractivity contribution is -0.134. The van der Waals surface area contributed by atoms with Crippen LogP contribution in [0.4, 0.5) is 5.95 Å². The molecule has 0 spiro atoms. The van der Waals surface area contributed by atoms with Crippen molar-refractivity contribution < 1.29 is 14.6 Å². The van der Waals surface area contributed by atoms with Gasteiger partial charge in [0.25, 0.3) is 5.91 Å². The van der Waals surface area contributed by atoms with Crippen LogP contribution in [0.25, 0.3) is 0 Å². The van der Waals surface area contributed by atoms with Crippen molar-refractivity contribution in [2.45, 2.75) is 82.6 Å². The van der Waals surface area contributed by atoms with E-state index < -0.39 is 11.5 Å². The highest BCUT2D eigenvalue weighted by molar-refractivity contribution is 5.93. The first kappa shape index (κ1) is 19.2. The molecule has 1 amide bonds. The summed E-state index contributed by atoms with van der Waals surface area (Å²) < 4.78 is 5.83. The predicted octanol–water partition coefficient (Wildman–Crippen LogP) is 2.58. The monoisotopic (exact) mass is 400 g/mol. The maximum absolute atomic E-state index is 12.0. The van der Waals surface area contributed by atoms with Crippen LogP contribution in [0.1, 0.15) is 80.9 Å². The molecule has 1 aromatic rings. The van der Waals surface area contributed by atoms with Crippen molar-refractivity contribution in [1.82, 2.24) is 9.97 Å². The second-order valence-corrected chi connectivity index (χ2v) is 10.0. The van der Waals surface area contributed by atoms with Crippen molar-refractivity contribution >= 4 is 11.9 Å². The van der Waals surface area contributed by atoms with E-state index in [0.717, 1.165) is 32.1 Å². The molecule has 29 heavy (non-hydrogen) atoms. The lowest BCUT2D eigenvalue weighted by Crippen LogP contribution is -2.63. The first-order valence-corrected chi connectivity index (χ1v) is 11.1. The maximum Gasteiger partial charge on any atom is 0.252 e. The second kappa shape index (κ2) is 6.91. The number of carbonyl (C=O) groups excluding carboxylic acids is 1. The van der Waals surface area contributed by atoms with Gasteiger partial charge in [0.1, 0.15) is 6.10 Å². The first-order chi connectivity index (χ1) is 13.8. The minimum atomic E-state index is -0.505. The average molecular weight is 401 g/mol. The summed E-state index contributed by atoms with van der Waals surface area (Å²) in [5, 5.41) is 11.0. The fraction of sp³-hybridized carbons (Fsp3) is 0.773. The molecule has 3 N–H and O–H groups in total. The van der Waals surface area contributed by atoms with E-state index >= 15 is 0 Å². The number of aromatic nitrogens is 2. The number of anilines is 1. The molecule has 1 aromatic heterocycles. The van der Waals surface area contributed by atoms with Gasteiger partial charge in [0.15, 0.2) is 0 Å². The molecule has 1 aliphatic heterocycles. The number of amides is 1. The predicted molar refractivity (Wildman–Crippen MR) is 108 cm³/mol. The van der Waals surface area contributed by atoms with Crippen molar-refractivity contribution in [1.29, 1.82) is 0 Å². The van der Waals surface area contributed by atoms with Gasteiger partial charge in [0, 0.05) is 24.9 Å². The zero-order valence-electron chi connectivity index (χ0n) is 17.4. The van der Waals surface area contributed by atoms with Gasteiger partial charge in [-0.3, -0.25) is 4.79 Å². The summed E-state index contributed by atoms with van der Waals surface area (Å²) in [6, 6.07) is 0.563. The summed E-state index contributed by atoms with van der Waals surface area (Å²) in [7, 11) is 0. The summed E-state index contributed by atoms with van der Waals surface area (Å²) in [5.41, 5.74) is 6.14. The Hall–Kier alpha value is -1.73. The number of carbonyl (C=O) groups is 1. The Morgan fingerprint density at radius 1 is 1.31 bits per heavy atom. The standard InChI is InChI=1S/C22H32N4O3/c1-12(2)26(19-14-6-13-7-15(19)10-22(28,8-13)9-14)21-24-11-16(20(23)27)18(25-21)17-4-3-5-29-17/h11-15,17,19,28H,3-10H2,1-2H3,(H2,23,27)/t13?,14?,15?,17-,19?,22?/m1/s1. The molecule has 4 bridgehead atoms. The molecular formula is C22H32N4O3. The molecule has 5 aliphatic rings. The smallest absolute Gasteiger partial charge is 0.252 e. The van der Waals surface area contributed by atoms with Gasteiger partial charge in [0.2, 0.25) is 5.95 Å². The van der Waals surface area contributed by atoms with E-state index in [2.05, 4.69) is 23.7 Å². The molecule has 4 aliphatic carbocycles. The third kappa shape index (κ3) is 3.22. The summed E-state index contributed by atoms with van der Waals surface area (Å²) in [6.45, 7) is 5.04. The molecular weight excluding hydrogens is 368 g/mol. The van der Waals surface area contributed by atoms with E-state index in [-0.39, 0.29) is 12.1 Å². The molecule has 1 saturated heterocycles. The number of aliphatic hydroxyl groups is 1. The van der Waals surface area contributed by atoms with Gasteiger partial charge in [-0.2, -0.15) is 0 Å². The van der Waals surface area contributed by atoms with Crippen LogP contribution in [0.15, 0.2) is 6.20 Å². The van der Waals surface area contributed by atoms with Crippen LogP contribution < -0.4 is 10.6 Å². The van der Waals surface area contributed by atoms with Crippen LogP contribution in [0.2, 0.25) is 0 Å². The van der Waals surface area contributed by atoms with Crippen molar-refractivity contribution in [2.24, 2.45) is 23.5 Å². The van der Waals surface area contributed by atoms with Crippen molar-refractivity contribution in [3.05, 3.63) is 17.5 Å². The van der Waals surface area contributed by atoms with Crippen LogP contribution >= 0.6 is 0 Å². The molecule has 158 valence electrons. The Morgan fingerprint density at radius 2 is 2.03 bits per heavy atom. The molecule has 3 atom stereocenters. The van der Waals surface area contributed by atoms with Crippen molar-refractivity contribution in [3.63, 3.8) is 0 Å². The van der Waals surface area contributed by atoms with Crippen LogP contribution in [-0.2, 0) is 4.74 Å². The molecule has 7 heteroatoms. The van der Waals surface area contributed by atoms with E-state index in [4.69, 9.17) is 15.5 Å². The molecule has 2 unspecified atom stereocenters. The first-order valence-electron chi connectivity index (χ1n) is 11.1. The Kier molecular flexibility index (Phi) is 4.59. The number of ether oxygens (including phenoxy) is 1. The topological polar surface area (TPSA) is 102 Å². The third-order valence-corrected chi connectivity index (χ3v) is 7.61. The normalized spacial score (nSPS) is 38.0. The molecule has 0 aromatic carbocycles. The lowest BCUT2D eigenvalue weighted by Gasteiger charge is -2.60. The molecule has 0 radical (unpaired) electrons. The van der Waals surface area contributed by atoms with Gasteiger partial charge < -0.3 is 20.5 Å². The van der Waals surface area contributed by atoms with Gasteiger partial charge in [-0.1, -0.05) is 0 Å². The summed E-state index contributed by atoms with van der Waals surface area (Å²) in [5.74, 6) is 1.76. The number of hydrogen-bond acceptors (Lipinski definition) is 6. The van der Waals surface area contributed by atoms with E-state index in [1.165, 1.54) is 12.8 Å². The Labute approximate surface area is 172 Å². The van der Waals surface area contributed by atoms with Gasteiger partial charge in [-0.15, -0.1) is 0 Å². The molecule has 6 rings (SSSR count). The maximum atomic E-state index is 12.0. The minimum absolute atomic E-state index is 0.188. The molecule has 4 saturated carbocycles. The quantitative estimate of drug-likeness (QED) is 0.788. The fourth-order valence-corrected chi connectivity index (χ4v) is 6.86. The van der Waals surface area contributed by atoms with E-state index in [1.54, 1.807) is 6.20 Å². The van der Waals surface area contributed by atoms with Crippen molar-refractivity contribution in [3.8, 4) is 0 Å². The van der Waals surface area contributed by atoms with Crippen molar-refractivity contribution in [2.75, 3.05) is 11.5 Å². The minimum Gasteiger partial charge on any atom is -0.390 e. The highest BCUT2D eigenvalue weighted by atomic mass is 16.5. The summed E-state index contributed by atoms with van der Waals surface area (Å²) in [6.07, 6.45) is 8.31. The van der Waals surface area contributed by atoms with Crippen LogP contribution in [-0.4, -0.2) is 45.3 Å². The van der Waals surface area contributed by atoms with E-state index in [9.17, 15) is 9.90 Å². The number of hydrogen-bond donors (Lipinski definition) is 2. The zero-order chi connectivity index (χ0) is 20.3. The average Bonchev–Trinajstić information content (AvgIpc) is 3.17. The largest absolute Gasteiger partial charge is 0.390 e. The second-order valence-electron chi connectivity index (χ2n) is 10.0. The van der Waals surface area contributed by atoms with Crippen LogP contribution in [0.3, 0.4) is 0 Å².